The van der Waals surface area contributed by atoms with Crippen LogP contribution in [0.25, 0.3) is 0 Å². The molecule has 2 rings (SSSR count). The highest BCUT2D eigenvalue weighted by atomic mass is 19.1. The number of rotatable bonds is 2. The summed E-state index contributed by atoms with van der Waals surface area (Å²) in [5.74, 6) is 0.887. The van der Waals surface area contributed by atoms with Crippen LogP contribution in [-0.2, 0) is 0 Å². The van der Waals surface area contributed by atoms with Gasteiger partial charge in [0.05, 0.1) is 0 Å². The Kier molecular flexibility index (Phi) is 3.37. The standard InChI is InChI=1S/C13H17FO/c14-13-7-5-12(6-8-13)11-3-1-10(9-15)2-4-11/h5-8,10-11,15H,1-4,9H2/t10-,11-. The maximum Gasteiger partial charge on any atom is 0.123 e. The van der Waals surface area contributed by atoms with Crippen molar-refractivity contribution in [3.8, 4) is 0 Å². The number of halogens is 1. The summed E-state index contributed by atoms with van der Waals surface area (Å²) >= 11 is 0. The summed E-state index contributed by atoms with van der Waals surface area (Å²) in [6, 6.07) is 6.85. The van der Waals surface area contributed by atoms with Crippen molar-refractivity contribution in [2.75, 3.05) is 6.61 Å². The summed E-state index contributed by atoms with van der Waals surface area (Å²) in [4.78, 5) is 0. The fourth-order valence-corrected chi connectivity index (χ4v) is 2.41. The van der Waals surface area contributed by atoms with Crippen LogP contribution < -0.4 is 0 Å². The Bertz CT molecular complexity index is 299. The van der Waals surface area contributed by atoms with Crippen LogP contribution in [0.1, 0.15) is 37.2 Å². The molecule has 1 saturated carbocycles. The first kappa shape index (κ1) is 10.6. The van der Waals surface area contributed by atoms with Crippen LogP contribution in [0.5, 0.6) is 0 Å². The van der Waals surface area contributed by atoms with Crippen LogP contribution in [0.2, 0.25) is 0 Å². The van der Waals surface area contributed by atoms with E-state index in [2.05, 4.69) is 0 Å². The predicted molar refractivity (Wildman–Crippen MR) is 58.2 cm³/mol. The van der Waals surface area contributed by atoms with Crippen LogP contribution in [0.3, 0.4) is 0 Å². The second-order valence-electron chi connectivity index (χ2n) is 4.45. The zero-order chi connectivity index (χ0) is 10.7. The third-order valence-corrected chi connectivity index (χ3v) is 3.45. The third-order valence-electron chi connectivity index (χ3n) is 3.45. The van der Waals surface area contributed by atoms with Gasteiger partial charge in [0.15, 0.2) is 0 Å². The van der Waals surface area contributed by atoms with E-state index in [0.29, 0.717) is 18.4 Å². The number of hydrogen-bond donors (Lipinski definition) is 1. The maximum absolute atomic E-state index is 12.7. The van der Waals surface area contributed by atoms with E-state index in [-0.39, 0.29) is 5.82 Å². The average Bonchev–Trinajstić information content (AvgIpc) is 2.30. The quantitative estimate of drug-likeness (QED) is 0.791. The molecule has 1 aliphatic carbocycles. The minimum absolute atomic E-state index is 0.164. The van der Waals surface area contributed by atoms with Crippen LogP contribution in [0.15, 0.2) is 24.3 Å². The number of aliphatic hydroxyl groups is 1. The van der Waals surface area contributed by atoms with Gasteiger partial charge in [0.25, 0.3) is 0 Å². The van der Waals surface area contributed by atoms with Crippen LogP contribution in [-0.4, -0.2) is 11.7 Å². The smallest absolute Gasteiger partial charge is 0.123 e. The molecule has 1 N–H and O–H groups in total. The molecule has 0 aromatic heterocycles. The molecule has 15 heavy (non-hydrogen) atoms. The van der Waals surface area contributed by atoms with E-state index in [1.54, 1.807) is 0 Å². The third kappa shape index (κ3) is 2.57. The minimum Gasteiger partial charge on any atom is -0.396 e. The fourth-order valence-electron chi connectivity index (χ4n) is 2.41. The molecular weight excluding hydrogens is 191 g/mol. The molecule has 1 nitrogen and oxygen atoms in total. The molecule has 0 unspecified atom stereocenters. The lowest BCUT2D eigenvalue weighted by molar-refractivity contribution is 0.182. The molecule has 82 valence electrons. The van der Waals surface area contributed by atoms with Crippen molar-refractivity contribution in [2.24, 2.45) is 5.92 Å². The molecule has 2 heteroatoms. The zero-order valence-electron chi connectivity index (χ0n) is 8.82. The highest BCUT2D eigenvalue weighted by Gasteiger charge is 2.21. The van der Waals surface area contributed by atoms with Gasteiger partial charge < -0.3 is 5.11 Å². The summed E-state index contributed by atoms with van der Waals surface area (Å²) in [5.41, 5.74) is 1.24. The van der Waals surface area contributed by atoms with Crippen LogP contribution in [0.4, 0.5) is 4.39 Å². The molecule has 0 saturated heterocycles. The fraction of sp³-hybridized carbons (Fsp3) is 0.538. The van der Waals surface area contributed by atoms with E-state index >= 15 is 0 Å². The monoisotopic (exact) mass is 208 g/mol. The van der Waals surface area contributed by atoms with Crippen LogP contribution >= 0.6 is 0 Å². The molecule has 0 heterocycles. The molecule has 1 fully saturated rings. The molecule has 0 amide bonds. The molecule has 0 aliphatic heterocycles. The largest absolute Gasteiger partial charge is 0.396 e. The lowest BCUT2D eigenvalue weighted by atomic mass is 9.79. The Morgan fingerprint density at radius 1 is 1.07 bits per heavy atom. The van der Waals surface area contributed by atoms with E-state index < -0.39 is 0 Å². The average molecular weight is 208 g/mol. The van der Waals surface area contributed by atoms with E-state index in [4.69, 9.17) is 5.11 Å². The van der Waals surface area contributed by atoms with Crippen molar-refractivity contribution in [2.45, 2.75) is 31.6 Å². The summed E-state index contributed by atoms with van der Waals surface area (Å²) < 4.78 is 12.7. The number of aliphatic hydroxyl groups excluding tert-OH is 1. The number of hydrogen-bond acceptors (Lipinski definition) is 1. The topological polar surface area (TPSA) is 20.2 Å². The van der Waals surface area contributed by atoms with Crippen molar-refractivity contribution in [3.05, 3.63) is 35.6 Å². The predicted octanol–water partition coefficient (Wildman–Crippen LogP) is 3.09. The summed E-state index contributed by atoms with van der Waals surface area (Å²) in [5, 5.41) is 9.03. The first-order valence-electron chi connectivity index (χ1n) is 5.66. The van der Waals surface area contributed by atoms with Crippen molar-refractivity contribution < 1.29 is 9.50 Å². The van der Waals surface area contributed by atoms with Gasteiger partial charge in [0.2, 0.25) is 0 Å². The maximum atomic E-state index is 12.7. The van der Waals surface area contributed by atoms with Crippen molar-refractivity contribution >= 4 is 0 Å². The Labute approximate surface area is 89.9 Å². The summed E-state index contributed by atoms with van der Waals surface area (Å²) in [6.07, 6.45) is 4.44. The van der Waals surface area contributed by atoms with Gasteiger partial charge >= 0.3 is 0 Å². The SMILES string of the molecule is OC[C@H]1CC[C@H](c2ccc(F)cc2)CC1. The van der Waals surface area contributed by atoms with Gasteiger partial charge in [-0.1, -0.05) is 12.1 Å². The summed E-state index contributed by atoms with van der Waals surface area (Å²) in [6.45, 7) is 0.316. The number of benzene rings is 1. The zero-order valence-corrected chi connectivity index (χ0v) is 8.82. The van der Waals surface area contributed by atoms with Crippen LogP contribution in [0, 0.1) is 11.7 Å². The van der Waals surface area contributed by atoms with Gasteiger partial charge in [0, 0.05) is 6.61 Å². The Balaban J connectivity index is 1.98. The van der Waals surface area contributed by atoms with E-state index in [1.165, 1.54) is 17.7 Å². The molecule has 1 aromatic rings. The van der Waals surface area contributed by atoms with Gasteiger partial charge in [-0.05, 0) is 55.2 Å². The van der Waals surface area contributed by atoms with E-state index in [1.807, 2.05) is 12.1 Å². The lowest BCUT2D eigenvalue weighted by Crippen LogP contribution is -2.16. The molecule has 1 aromatic carbocycles. The summed E-state index contributed by atoms with van der Waals surface area (Å²) in [7, 11) is 0. The van der Waals surface area contributed by atoms with Gasteiger partial charge in [-0.3, -0.25) is 0 Å². The molecule has 0 radical (unpaired) electrons. The highest BCUT2D eigenvalue weighted by Crippen LogP contribution is 2.35. The molecule has 1 aliphatic rings. The van der Waals surface area contributed by atoms with Crippen molar-refractivity contribution in [1.82, 2.24) is 0 Å². The molecular formula is C13H17FO. The van der Waals surface area contributed by atoms with Gasteiger partial charge in [-0.25, -0.2) is 4.39 Å². The first-order valence-corrected chi connectivity index (χ1v) is 5.66. The van der Waals surface area contributed by atoms with Crippen molar-refractivity contribution in [1.29, 1.82) is 0 Å². The van der Waals surface area contributed by atoms with E-state index in [9.17, 15) is 4.39 Å². The van der Waals surface area contributed by atoms with Crippen molar-refractivity contribution in [3.63, 3.8) is 0 Å². The highest BCUT2D eigenvalue weighted by molar-refractivity contribution is 5.20. The normalized spacial score (nSPS) is 26.5. The molecule has 0 spiro atoms. The second kappa shape index (κ2) is 4.75. The Morgan fingerprint density at radius 2 is 1.67 bits per heavy atom. The van der Waals surface area contributed by atoms with Gasteiger partial charge in [0.1, 0.15) is 5.82 Å². The Morgan fingerprint density at radius 3 is 2.20 bits per heavy atom. The van der Waals surface area contributed by atoms with Gasteiger partial charge in [-0.15, -0.1) is 0 Å². The molecule has 0 bridgehead atoms. The van der Waals surface area contributed by atoms with Gasteiger partial charge in [-0.2, -0.15) is 0 Å². The first-order chi connectivity index (χ1) is 7.29. The van der Waals surface area contributed by atoms with E-state index in [0.717, 1.165) is 25.7 Å². The Hall–Kier alpha value is -0.890. The lowest BCUT2D eigenvalue weighted by Gasteiger charge is -2.27. The minimum atomic E-state index is -0.164. The second-order valence-corrected chi connectivity index (χ2v) is 4.45. The molecule has 0 atom stereocenters.